The van der Waals surface area contributed by atoms with E-state index in [0.717, 1.165) is 11.8 Å². The lowest BCUT2D eigenvalue weighted by atomic mass is 10.1. The highest BCUT2D eigenvalue weighted by Crippen LogP contribution is 2.40. The van der Waals surface area contributed by atoms with Crippen molar-refractivity contribution >= 4 is 41.5 Å². The van der Waals surface area contributed by atoms with Crippen LogP contribution in [-0.4, -0.2) is 111 Å². The van der Waals surface area contributed by atoms with Crippen molar-refractivity contribution in [2.45, 2.75) is 49.7 Å². The number of carbonyl (C=O) groups is 5. The van der Waals surface area contributed by atoms with E-state index in [1.165, 1.54) is 11.5 Å². The van der Waals surface area contributed by atoms with Crippen LogP contribution in [0, 0.1) is 6.92 Å². The van der Waals surface area contributed by atoms with Gasteiger partial charge in [0.1, 0.15) is 18.6 Å². The Morgan fingerprint density at radius 2 is 1.59 bits per heavy atom. The number of aromatic hydroxyl groups is 2. The standard InChI is InChI=1S/C22H34N4O12S/c1-12-18(21(34)26(20(12)33)5-7-38-9-8-37-6-4-16(28)29)39-11-14(19(32)24-10-17(30)31)25-15(27)3-2-13(23)22(35)36/h13-14,33-34H,2-11,23H2,1H3,(H,24,32)(H,25,27)(H,28,29)(H,30,31)(H,35,36). The van der Waals surface area contributed by atoms with E-state index < -0.39 is 48.4 Å². The molecule has 220 valence electrons. The summed E-state index contributed by atoms with van der Waals surface area (Å²) < 4.78 is 11.6. The number of amides is 2. The van der Waals surface area contributed by atoms with Gasteiger partial charge in [-0.15, -0.1) is 11.8 Å². The highest BCUT2D eigenvalue weighted by Gasteiger charge is 2.26. The molecule has 2 unspecified atom stereocenters. The lowest BCUT2D eigenvalue weighted by molar-refractivity contribution is -0.139. The Morgan fingerprint density at radius 3 is 2.18 bits per heavy atom. The fraction of sp³-hybridized carbons (Fsp3) is 0.591. The lowest BCUT2D eigenvalue weighted by Gasteiger charge is -2.18. The second-order valence-corrected chi connectivity index (χ2v) is 9.18. The van der Waals surface area contributed by atoms with Gasteiger partial charge in [-0.05, 0) is 13.3 Å². The molecule has 1 aromatic rings. The van der Waals surface area contributed by atoms with Crippen molar-refractivity contribution in [3.63, 3.8) is 0 Å². The summed E-state index contributed by atoms with van der Waals surface area (Å²) in [6, 6.07) is -2.53. The van der Waals surface area contributed by atoms with E-state index in [1.54, 1.807) is 0 Å². The third-order valence-corrected chi connectivity index (χ3v) is 6.42. The van der Waals surface area contributed by atoms with Crippen LogP contribution in [0.4, 0.5) is 0 Å². The van der Waals surface area contributed by atoms with Crippen LogP contribution in [0.5, 0.6) is 11.8 Å². The monoisotopic (exact) mass is 578 g/mol. The van der Waals surface area contributed by atoms with Gasteiger partial charge in [0.2, 0.25) is 17.7 Å². The number of nitrogens with two attached hydrogens (primary N) is 1. The second kappa shape index (κ2) is 17.1. The van der Waals surface area contributed by atoms with E-state index in [9.17, 15) is 34.2 Å². The molecular weight excluding hydrogens is 544 g/mol. The molecule has 1 rings (SSSR count). The summed E-state index contributed by atoms with van der Waals surface area (Å²) >= 11 is 0.924. The average Bonchev–Trinajstić information content (AvgIpc) is 3.07. The first kappa shape index (κ1) is 33.5. The number of ether oxygens (including phenoxy) is 2. The van der Waals surface area contributed by atoms with Gasteiger partial charge < -0.3 is 51.4 Å². The number of thioether (sulfide) groups is 1. The zero-order valence-corrected chi connectivity index (χ0v) is 22.1. The van der Waals surface area contributed by atoms with Crippen molar-refractivity contribution in [3.05, 3.63) is 5.56 Å². The van der Waals surface area contributed by atoms with E-state index in [1.807, 2.05) is 0 Å². The van der Waals surface area contributed by atoms with Gasteiger partial charge in [0.15, 0.2) is 5.88 Å². The van der Waals surface area contributed by atoms with Gasteiger partial charge in [0.05, 0.1) is 44.3 Å². The number of carboxylic acids is 3. The number of aliphatic carboxylic acids is 3. The third-order valence-electron chi connectivity index (χ3n) is 5.14. The van der Waals surface area contributed by atoms with Crippen LogP contribution in [0.3, 0.4) is 0 Å². The smallest absolute Gasteiger partial charge is 0.322 e. The molecule has 0 aromatic carbocycles. The Morgan fingerprint density at radius 1 is 0.949 bits per heavy atom. The Labute approximate surface area is 227 Å². The highest BCUT2D eigenvalue weighted by atomic mass is 32.2. The minimum atomic E-state index is -1.31. The molecule has 2 amide bonds. The second-order valence-electron chi connectivity index (χ2n) is 8.15. The number of rotatable bonds is 20. The van der Waals surface area contributed by atoms with E-state index >= 15 is 0 Å². The van der Waals surface area contributed by atoms with Crippen LogP contribution in [0.2, 0.25) is 0 Å². The molecule has 39 heavy (non-hydrogen) atoms. The molecule has 0 aliphatic heterocycles. The van der Waals surface area contributed by atoms with Crippen LogP contribution < -0.4 is 16.4 Å². The van der Waals surface area contributed by atoms with Crippen LogP contribution in [0.1, 0.15) is 24.8 Å². The molecule has 1 heterocycles. The van der Waals surface area contributed by atoms with Gasteiger partial charge >= 0.3 is 17.9 Å². The van der Waals surface area contributed by atoms with Crippen molar-refractivity contribution in [1.29, 1.82) is 0 Å². The van der Waals surface area contributed by atoms with Crippen molar-refractivity contribution in [2.24, 2.45) is 5.73 Å². The molecule has 0 fully saturated rings. The van der Waals surface area contributed by atoms with E-state index in [-0.39, 0.29) is 80.2 Å². The van der Waals surface area contributed by atoms with Crippen molar-refractivity contribution < 1.29 is 59.0 Å². The molecular formula is C22H34N4O12S. The van der Waals surface area contributed by atoms with Crippen molar-refractivity contribution in [1.82, 2.24) is 15.2 Å². The van der Waals surface area contributed by atoms with Gasteiger partial charge in [-0.3, -0.25) is 28.5 Å². The number of nitrogens with zero attached hydrogens (tertiary/aromatic N) is 1. The quantitative estimate of drug-likeness (QED) is 0.0660. The predicted octanol–water partition coefficient (Wildman–Crippen LogP) is -1.31. The van der Waals surface area contributed by atoms with Crippen molar-refractivity contribution in [3.8, 4) is 11.8 Å². The summed E-state index contributed by atoms with van der Waals surface area (Å²) in [5.74, 6) is -5.82. The van der Waals surface area contributed by atoms with Crippen molar-refractivity contribution in [2.75, 3.05) is 38.7 Å². The fourth-order valence-corrected chi connectivity index (χ4v) is 4.14. The number of aromatic nitrogens is 1. The number of nitrogens with one attached hydrogen (secondary N) is 2. The third kappa shape index (κ3) is 12.2. The lowest BCUT2D eigenvalue weighted by Crippen LogP contribution is -2.49. The first-order chi connectivity index (χ1) is 18.3. The van der Waals surface area contributed by atoms with Gasteiger partial charge in [-0.2, -0.15) is 0 Å². The molecule has 16 nitrogen and oxygen atoms in total. The average molecular weight is 579 g/mol. The van der Waals surface area contributed by atoms with Gasteiger partial charge in [-0.25, -0.2) is 0 Å². The van der Waals surface area contributed by atoms with E-state index in [2.05, 4.69) is 10.6 Å². The Bertz CT molecular complexity index is 1020. The maximum absolute atomic E-state index is 12.5. The molecule has 0 saturated carbocycles. The Balaban J connectivity index is 2.77. The first-order valence-electron chi connectivity index (χ1n) is 11.7. The predicted molar refractivity (Wildman–Crippen MR) is 135 cm³/mol. The van der Waals surface area contributed by atoms with E-state index in [0.29, 0.717) is 0 Å². The van der Waals surface area contributed by atoms with E-state index in [4.69, 9.17) is 30.5 Å². The topological polar surface area (TPSA) is 260 Å². The highest BCUT2D eigenvalue weighted by molar-refractivity contribution is 7.99. The summed E-state index contributed by atoms with van der Waals surface area (Å²) in [6.07, 6.45) is -0.618. The number of carboxylic acid groups (broad SMARTS) is 3. The molecule has 0 aliphatic carbocycles. The van der Waals surface area contributed by atoms with Gasteiger partial charge in [-0.1, -0.05) is 0 Å². The SMILES string of the molecule is Cc1c(SCC(NC(=O)CCC(N)C(=O)O)C(=O)NCC(=O)O)c(O)n(CCOCCOCCC(=O)O)c1O. The summed E-state index contributed by atoms with van der Waals surface area (Å²) in [7, 11) is 0. The zero-order valence-electron chi connectivity index (χ0n) is 21.3. The van der Waals surface area contributed by atoms with Crippen LogP contribution in [0.15, 0.2) is 4.90 Å². The molecule has 1 aromatic heterocycles. The Hall–Kier alpha value is -3.54. The largest absolute Gasteiger partial charge is 0.494 e. The van der Waals surface area contributed by atoms with Gasteiger partial charge in [0, 0.05) is 17.7 Å². The maximum Gasteiger partial charge on any atom is 0.322 e. The fourth-order valence-electron chi connectivity index (χ4n) is 3.03. The van der Waals surface area contributed by atoms with Crippen LogP contribution >= 0.6 is 11.8 Å². The number of hydrogen-bond acceptors (Lipinski definition) is 11. The molecule has 0 spiro atoms. The number of carbonyl (C=O) groups excluding carboxylic acids is 2. The molecule has 0 saturated heterocycles. The maximum atomic E-state index is 12.5. The first-order valence-corrected chi connectivity index (χ1v) is 12.7. The van der Waals surface area contributed by atoms with Crippen LogP contribution in [0.25, 0.3) is 0 Å². The molecule has 17 heteroatoms. The van der Waals surface area contributed by atoms with Gasteiger partial charge in [0.25, 0.3) is 0 Å². The summed E-state index contributed by atoms with van der Waals surface area (Å²) in [6.45, 7) is 1.32. The zero-order chi connectivity index (χ0) is 29.5. The van der Waals surface area contributed by atoms with Crippen LogP contribution in [-0.2, 0) is 40.0 Å². The minimum absolute atomic E-state index is 0.0449. The molecule has 0 radical (unpaired) electrons. The number of hydrogen-bond donors (Lipinski definition) is 8. The summed E-state index contributed by atoms with van der Waals surface area (Å²) in [5, 5.41) is 51.8. The molecule has 9 N–H and O–H groups in total. The minimum Gasteiger partial charge on any atom is -0.494 e. The normalized spacial score (nSPS) is 12.5. The molecule has 0 aliphatic rings. The molecule has 0 bridgehead atoms. The summed E-state index contributed by atoms with van der Waals surface area (Å²) in [4.78, 5) is 57.1. The molecule has 2 atom stereocenters. The summed E-state index contributed by atoms with van der Waals surface area (Å²) in [5.41, 5.74) is 5.67. The Kier molecular flexibility index (Phi) is 14.7.